The van der Waals surface area contributed by atoms with Gasteiger partial charge in [-0.25, -0.2) is 0 Å². The highest BCUT2D eigenvalue weighted by Gasteiger charge is 2.14. The van der Waals surface area contributed by atoms with Crippen LogP contribution < -0.4 is 4.74 Å². The molecule has 154 valence electrons. The van der Waals surface area contributed by atoms with Crippen molar-refractivity contribution in [1.29, 1.82) is 0 Å². The number of halogens is 2. The van der Waals surface area contributed by atoms with Crippen molar-refractivity contribution in [3.05, 3.63) is 28.2 Å². The van der Waals surface area contributed by atoms with E-state index in [0.717, 1.165) is 0 Å². The molecule has 0 aliphatic heterocycles. The van der Waals surface area contributed by atoms with E-state index in [1.165, 1.54) is 0 Å². The molecule has 0 radical (unpaired) electrons. The molecule has 0 saturated heterocycles. The van der Waals surface area contributed by atoms with Crippen LogP contribution in [-0.4, -0.2) is 34.7 Å². The molecule has 1 aromatic rings. The minimum Gasteiger partial charge on any atom is -0.489 e. The largest absolute Gasteiger partial charge is 0.489 e. The molecule has 0 spiro atoms. The van der Waals surface area contributed by atoms with Crippen molar-refractivity contribution in [2.45, 2.75) is 58.0 Å². The van der Waals surface area contributed by atoms with E-state index in [1.807, 2.05) is 0 Å². The highest BCUT2D eigenvalue weighted by Crippen LogP contribution is 2.27. The number of rotatable bonds is 12. The number of Topliss-reactive ketones (excluding diaryl/α,β-unsaturated/α-hetero) is 1. The van der Waals surface area contributed by atoms with Crippen molar-refractivity contribution in [3.8, 4) is 17.6 Å². The number of ether oxygens (including phenoxy) is 1. The molecule has 5 nitrogen and oxygen atoms in total. The minimum atomic E-state index is -0.829. The molecule has 2 atom stereocenters. The van der Waals surface area contributed by atoms with Gasteiger partial charge < -0.3 is 14.9 Å². The topological polar surface area (TPSA) is 83.8 Å². The average Bonchev–Trinajstić information content (AvgIpc) is 2.61. The molecule has 0 fully saturated rings. The third-order valence-electron chi connectivity index (χ3n) is 4.16. The van der Waals surface area contributed by atoms with E-state index >= 15 is 0 Å². The van der Waals surface area contributed by atoms with Gasteiger partial charge >= 0.3 is 5.97 Å². The maximum Gasteiger partial charge on any atom is 0.303 e. The normalized spacial score (nSPS) is 12.6. The monoisotopic (exact) mass is 428 g/mol. The van der Waals surface area contributed by atoms with Gasteiger partial charge in [0, 0.05) is 30.2 Å². The lowest BCUT2D eigenvalue weighted by atomic mass is 9.94. The van der Waals surface area contributed by atoms with E-state index in [-0.39, 0.29) is 24.7 Å². The molecule has 2 N–H and O–H groups in total. The smallest absolute Gasteiger partial charge is 0.303 e. The summed E-state index contributed by atoms with van der Waals surface area (Å²) in [5.74, 6) is 5.40. The van der Waals surface area contributed by atoms with Crippen molar-refractivity contribution in [2.24, 2.45) is 5.92 Å². The lowest BCUT2D eigenvalue weighted by Crippen LogP contribution is -2.18. The van der Waals surface area contributed by atoms with Crippen molar-refractivity contribution in [2.75, 3.05) is 6.61 Å². The maximum absolute atomic E-state index is 11.7. The first-order valence-corrected chi connectivity index (χ1v) is 9.99. The van der Waals surface area contributed by atoms with E-state index in [4.69, 9.17) is 33.0 Å². The summed E-state index contributed by atoms with van der Waals surface area (Å²) in [7, 11) is 0. The van der Waals surface area contributed by atoms with Crippen LogP contribution in [0.2, 0.25) is 10.0 Å². The van der Waals surface area contributed by atoms with Crippen molar-refractivity contribution >= 4 is 35.0 Å². The Balaban J connectivity index is 2.30. The zero-order chi connectivity index (χ0) is 20.9. The fourth-order valence-corrected chi connectivity index (χ4v) is 2.99. The second-order valence-electron chi connectivity index (χ2n) is 6.58. The summed E-state index contributed by atoms with van der Waals surface area (Å²) >= 11 is 11.8. The number of carboxylic acids is 1. The van der Waals surface area contributed by atoms with Crippen LogP contribution in [0.5, 0.6) is 5.75 Å². The summed E-state index contributed by atoms with van der Waals surface area (Å²) in [6.45, 7) is 1.65. The van der Waals surface area contributed by atoms with Gasteiger partial charge in [-0.05, 0) is 50.8 Å². The lowest BCUT2D eigenvalue weighted by Gasteiger charge is -2.15. The van der Waals surface area contributed by atoms with Gasteiger partial charge in [-0.1, -0.05) is 23.2 Å². The Hall–Kier alpha value is -1.74. The molecule has 0 saturated carbocycles. The van der Waals surface area contributed by atoms with Gasteiger partial charge in [0.1, 0.15) is 18.1 Å². The molecule has 1 aromatic carbocycles. The zero-order valence-corrected chi connectivity index (χ0v) is 17.4. The Morgan fingerprint density at radius 2 is 1.93 bits per heavy atom. The molecular weight excluding hydrogens is 403 g/mol. The maximum atomic E-state index is 11.7. The van der Waals surface area contributed by atoms with Crippen LogP contribution in [0.15, 0.2) is 18.2 Å². The van der Waals surface area contributed by atoms with Gasteiger partial charge in [-0.15, -0.1) is 11.8 Å². The Morgan fingerprint density at radius 1 is 1.18 bits per heavy atom. The molecular formula is C21H26Cl2O5. The molecule has 1 rings (SSSR count). The molecule has 28 heavy (non-hydrogen) atoms. The van der Waals surface area contributed by atoms with Gasteiger partial charge in [0.25, 0.3) is 0 Å². The summed E-state index contributed by atoms with van der Waals surface area (Å²) in [5.41, 5.74) is 0. The van der Waals surface area contributed by atoms with Crippen LogP contribution in [0.25, 0.3) is 0 Å². The van der Waals surface area contributed by atoms with Crippen LogP contribution >= 0.6 is 23.2 Å². The van der Waals surface area contributed by atoms with Crippen molar-refractivity contribution in [3.63, 3.8) is 0 Å². The molecule has 0 amide bonds. The van der Waals surface area contributed by atoms with Gasteiger partial charge in [-0.2, -0.15) is 0 Å². The van der Waals surface area contributed by atoms with Gasteiger partial charge in [0.15, 0.2) is 0 Å². The Kier molecular flexibility index (Phi) is 11.7. The molecule has 2 unspecified atom stereocenters. The molecule has 0 aromatic heterocycles. The Labute approximate surface area is 176 Å². The van der Waals surface area contributed by atoms with Crippen LogP contribution in [-0.2, 0) is 9.59 Å². The second kappa shape index (κ2) is 13.4. The van der Waals surface area contributed by atoms with E-state index in [1.54, 1.807) is 25.1 Å². The number of hydrogen-bond acceptors (Lipinski definition) is 4. The van der Waals surface area contributed by atoms with Gasteiger partial charge in [-0.3, -0.25) is 9.59 Å². The molecule has 0 aliphatic carbocycles. The summed E-state index contributed by atoms with van der Waals surface area (Å²) in [6.07, 6.45) is 2.72. The van der Waals surface area contributed by atoms with Crippen LogP contribution in [0.4, 0.5) is 0 Å². The van der Waals surface area contributed by atoms with E-state index < -0.39 is 12.1 Å². The van der Waals surface area contributed by atoms with Crippen molar-refractivity contribution in [1.82, 2.24) is 0 Å². The number of hydrogen-bond donors (Lipinski definition) is 2. The van der Waals surface area contributed by atoms with Crippen LogP contribution in [0, 0.1) is 17.8 Å². The van der Waals surface area contributed by atoms with Gasteiger partial charge in [0.2, 0.25) is 0 Å². The summed E-state index contributed by atoms with van der Waals surface area (Å²) in [6, 6.07) is 4.89. The summed E-state index contributed by atoms with van der Waals surface area (Å²) in [5, 5.41) is 19.5. The highest BCUT2D eigenvalue weighted by atomic mass is 35.5. The fraction of sp³-hybridized carbons (Fsp3) is 0.524. The SMILES string of the molecule is CC(=O)C(CC#CCCCC(=O)O)CCCC(O)COc1ccc(Cl)cc1Cl. The fourth-order valence-electron chi connectivity index (χ4n) is 2.52. The number of carbonyl (C=O) groups is 2. The molecule has 0 heterocycles. The number of carboxylic acid groups (broad SMARTS) is 1. The van der Waals surface area contributed by atoms with Crippen LogP contribution in [0.1, 0.15) is 51.9 Å². The van der Waals surface area contributed by atoms with E-state index in [9.17, 15) is 14.7 Å². The number of benzene rings is 1. The lowest BCUT2D eigenvalue weighted by molar-refractivity contribution is -0.137. The number of ketones is 1. The summed E-state index contributed by atoms with van der Waals surface area (Å²) in [4.78, 5) is 22.2. The third kappa shape index (κ3) is 10.6. The molecule has 0 aliphatic rings. The second-order valence-corrected chi connectivity index (χ2v) is 7.43. The predicted octanol–water partition coefficient (Wildman–Crippen LogP) is 4.76. The number of aliphatic hydroxyl groups excluding tert-OH is 1. The standard InChI is InChI=1S/C21H26Cl2O5/c1-15(24)16(7-4-2-3-5-10-21(26)27)8-6-9-18(25)14-28-20-12-11-17(22)13-19(20)23/h11-13,16,18,25H,3,5-10,14H2,1H3,(H,26,27). The van der Waals surface area contributed by atoms with Crippen molar-refractivity contribution < 1.29 is 24.5 Å². The van der Waals surface area contributed by atoms with Crippen LogP contribution in [0.3, 0.4) is 0 Å². The minimum absolute atomic E-state index is 0.0681. The number of aliphatic carboxylic acids is 1. The zero-order valence-electron chi connectivity index (χ0n) is 15.9. The third-order valence-corrected chi connectivity index (χ3v) is 4.69. The first-order valence-electron chi connectivity index (χ1n) is 9.23. The average molecular weight is 429 g/mol. The Morgan fingerprint density at radius 3 is 2.57 bits per heavy atom. The Bertz CT molecular complexity index is 708. The predicted molar refractivity (Wildman–Crippen MR) is 110 cm³/mol. The van der Waals surface area contributed by atoms with E-state index in [0.29, 0.717) is 54.3 Å². The quantitative estimate of drug-likeness (QED) is 0.370. The van der Waals surface area contributed by atoms with Gasteiger partial charge in [0.05, 0.1) is 11.1 Å². The number of aliphatic hydroxyl groups is 1. The highest BCUT2D eigenvalue weighted by molar-refractivity contribution is 6.35. The van der Waals surface area contributed by atoms with E-state index in [2.05, 4.69) is 11.8 Å². The molecule has 0 bridgehead atoms. The molecule has 7 heteroatoms. The first-order chi connectivity index (χ1) is 13.3. The number of unbranched alkanes of at least 4 members (excludes halogenated alkanes) is 1. The first kappa shape index (κ1) is 24.3. The number of carbonyl (C=O) groups excluding carboxylic acids is 1. The summed E-state index contributed by atoms with van der Waals surface area (Å²) < 4.78 is 5.51.